The fraction of sp³-hybridized carbons (Fsp3) is 0.300. The number of benzene rings is 1. The van der Waals surface area contributed by atoms with Crippen molar-refractivity contribution >= 4 is 17.6 Å². The molecule has 0 fully saturated rings. The molecule has 3 nitrogen and oxygen atoms in total. The molecule has 0 aliphatic heterocycles. The van der Waals surface area contributed by atoms with Gasteiger partial charge in [-0.1, -0.05) is 17.7 Å². The summed E-state index contributed by atoms with van der Waals surface area (Å²) in [4.78, 5) is 11.1. The van der Waals surface area contributed by atoms with Gasteiger partial charge in [0.15, 0.2) is 6.10 Å². The molecule has 0 heterocycles. The third kappa shape index (κ3) is 2.91. The van der Waals surface area contributed by atoms with Gasteiger partial charge in [0.1, 0.15) is 5.82 Å². The lowest BCUT2D eigenvalue weighted by Gasteiger charge is -2.10. The van der Waals surface area contributed by atoms with Gasteiger partial charge in [0, 0.05) is 10.6 Å². The second-order valence-electron chi connectivity index (χ2n) is 2.82. The third-order valence-corrected chi connectivity index (χ3v) is 2.00. The van der Waals surface area contributed by atoms with Gasteiger partial charge in [0.2, 0.25) is 0 Å². The lowest BCUT2D eigenvalue weighted by atomic mass is 10.1. The van der Waals surface area contributed by atoms with Crippen LogP contribution in [-0.2, 0) is 9.53 Å². The molecule has 0 aromatic heterocycles. The Morgan fingerprint density at radius 1 is 1.67 bits per heavy atom. The summed E-state index contributed by atoms with van der Waals surface area (Å²) in [5.41, 5.74) is -0.141. The zero-order chi connectivity index (χ0) is 11.4. The highest BCUT2D eigenvalue weighted by molar-refractivity contribution is 6.30. The Morgan fingerprint density at radius 3 is 2.87 bits per heavy atom. The van der Waals surface area contributed by atoms with Gasteiger partial charge in [-0.25, -0.2) is 9.18 Å². The topological polar surface area (TPSA) is 46.5 Å². The Kier molecular flexibility index (Phi) is 4.05. The predicted molar refractivity (Wildman–Crippen MR) is 53.0 cm³/mol. The molecule has 0 radical (unpaired) electrons. The van der Waals surface area contributed by atoms with E-state index < -0.39 is 17.9 Å². The van der Waals surface area contributed by atoms with Crippen LogP contribution < -0.4 is 0 Å². The molecule has 82 valence electrons. The number of rotatable bonds is 3. The molecule has 1 unspecified atom stereocenters. The minimum atomic E-state index is -1.61. The zero-order valence-electron chi connectivity index (χ0n) is 8.04. The number of hydrogen-bond donors (Lipinski definition) is 1. The van der Waals surface area contributed by atoms with E-state index in [1.165, 1.54) is 12.1 Å². The normalized spacial score (nSPS) is 12.3. The standard InChI is InChI=1S/C10H10ClFO3/c1-2-15-10(14)9(13)7-4-3-6(11)5-8(7)12/h3-5,9,13H,2H2,1H3. The second-order valence-corrected chi connectivity index (χ2v) is 3.26. The largest absolute Gasteiger partial charge is 0.464 e. The zero-order valence-corrected chi connectivity index (χ0v) is 8.79. The van der Waals surface area contributed by atoms with Crippen molar-refractivity contribution in [3.8, 4) is 0 Å². The first-order chi connectivity index (χ1) is 7.06. The van der Waals surface area contributed by atoms with E-state index in [4.69, 9.17) is 11.6 Å². The molecule has 0 amide bonds. The van der Waals surface area contributed by atoms with Gasteiger partial charge in [0.05, 0.1) is 6.61 Å². The van der Waals surface area contributed by atoms with E-state index in [1.54, 1.807) is 6.92 Å². The summed E-state index contributed by atoms with van der Waals surface area (Å²) in [6, 6.07) is 3.67. The van der Waals surface area contributed by atoms with Crippen LogP contribution in [0, 0.1) is 5.82 Å². The van der Waals surface area contributed by atoms with Crippen molar-refractivity contribution < 1.29 is 19.0 Å². The number of esters is 1. The fourth-order valence-electron chi connectivity index (χ4n) is 1.07. The van der Waals surface area contributed by atoms with Crippen LogP contribution in [0.1, 0.15) is 18.6 Å². The first-order valence-electron chi connectivity index (χ1n) is 4.36. The van der Waals surface area contributed by atoms with Crippen LogP contribution in [0.3, 0.4) is 0 Å². The molecular formula is C10H10ClFO3. The maximum atomic E-state index is 13.2. The van der Waals surface area contributed by atoms with Crippen LogP contribution in [0.4, 0.5) is 4.39 Å². The maximum absolute atomic E-state index is 13.2. The first kappa shape index (κ1) is 11.9. The van der Waals surface area contributed by atoms with Gasteiger partial charge < -0.3 is 9.84 Å². The molecule has 1 aromatic rings. The van der Waals surface area contributed by atoms with Crippen molar-refractivity contribution in [2.24, 2.45) is 0 Å². The lowest BCUT2D eigenvalue weighted by Crippen LogP contribution is -2.16. The Hall–Kier alpha value is -1.13. The van der Waals surface area contributed by atoms with Crippen LogP contribution in [0.25, 0.3) is 0 Å². The smallest absolute Gasteiger partial charge is 0.339 e. The summed E-state index contributed by atoms with van der Waals surface area (Å²) in [5.74, 6) is -1.61. The summed E-state index contributed by atoms with van der Waals surface area (Å²) in [5, 5.41) is 9.64. The maximum Gasteiger partial charge on any atom is 0.339 e. The number of ether oxygens (including phenoxy) is 1. The van der Waals surface area contributed by atoms with Crippen LogP contribution >= 0.6 is 11.6 Å². The van der Waals surface area contributed by atoms with E-state index in [1.807, 2.05) is 0 Å². The van der Waals surface area contributed by atoms with Crippen molar-refractivity contribution in [2.45, 2.75) is 13.0 Å². The molecule has 0 aliphatic rings. The van der Waals surface area contributed by atoms with Crippen molar-refractivity contribution in [2.75, 3.05) is 6.61 Å². The lowest BCUT2D eigenvalue weighted by molar-refractivity contribution is -0.153. The van der Waals surface area contributed by atoms with E-state index in [0.29, 0.717) is 0 Å². The summed E-state index contributed by atoms with van der Waals surface area (Å²) in [6.45, 7) is 1.73. The molecule has 0 spiro atoms. The Morgan fingerprint density at radius 2 is 2.33 bits per heavy atom. The molecule has 0 bridgehead atoms. The summed E-state index contributed by atoms with van der Waals surface area (Å²) < 4.78 is 17.8. The van der Waals surface area contributed by atoms with Crippen LogP contribution in [0.5, 0.6) is 0 Å². The van der Waals surface area contributed by atoms with Gasteiger partial charge in [-0.3, -0.25) is 0 Å². The van der Waals surface area contributed by atoms with Crippen molar-refractivity contribution in [3.63, 3.8) is 0 Å². The molecule has 0 saturated heterocycles. The molecular weight excluding hydrogens is 223 g/mol. The van der Waals surface area contributed by atoms with Crippen molar-refractivity contribution in [1.82, 2.24) is 0 Å². The Bertz CT molecular complexity index is 368. The highest BCUT2D eigenvalue weighted by atomic mass is 35.5. The number of aliphatic hydroxyl groups excluding tert-OH is 1. The van der Waals surface area contributed by atoms with E-state index in [-0.39, 0.29) is 17.2 Å². The van der Waals surface area contributed by atoms with Crippen LogP contribution in [0.15, 0.2) is 18.2 Å². The molecule has 1 aromatic carbocycles. The summed E-state index contributed by atoms with van der Waals surface area (Å²) >= 11 is 5.52. The van der Waals surface area contributed by atoms with Gasteiger partial charge in [-0.2, -0.15) is 0 Å². The van der Waals surface area contributed by atoms with E-state index >= 15 is 0 Å². The first-order valence-corrected chi connectivity index (χ1v) is 4.73. The quantitative estimate of drug-likeness (QED) is 0.812. The fourth-order valence-corrected chi connectivity index (χ4v) is 1.23. The molecule has 1 rings (SSSR count). The Balaban J connectivity index is 2.91. The molecule has 0 saturated carbocycles. The molecule has 1 N–H and O–H groups in total. The third-order valence-electron chi connectivity index (χ3n) is 1.77. The molecule has 15 heavy (non-hydrogen) atoms. The minimum absolute atomic E-state index is 0.130. The number of carbonyl (C=O) groups is 1. The van der Waals surface area contributed by atoms with E-state index in [2.05, 4.69) is 4.74 Å². The summed E-state index contributed by atoms with van der Waals surface area (Å²) in [7, 11) is 0. The molecule has 0 aliphatic carbocycles. The number of halogens is 2. The van der Waals surface area contributed by atoms with Crippen molar-refractivity contribution in [3.05, 3.63) is 34.6 Å². The number of hydrogen-bond acceptors (Lipinski definition) is 3. The van der Waals surface area contributed by atoms with Gasteiger partial charge in [-0.15, -0.1) is 0 Å². The monoisotopic (exact) mass is 232 g/mol. The minimum Gasteiger partial charge on any atom is -0.464 e. The summed E-state index contributed by atoms with van der Waals surface area (Å²) in [6.07, 6.45) is -1.61. The SMILES string of the molecule is CCOC(=O)C(O)c1ccc(Cl)cc1F. The van der Waals surface area contributed by atoms with Gasteiger partial charge >= 0.3 is 5.97 Å². The van der Waals surface area contributed by atoms with Gasteiger partial charge in [-0.05, 0) is 19.1 Å². The Labute approximate surface area is 91.4 Å². The molecule has 5 heteroatoms. The molecule has 1 atom stereocenters. The number of carbonyl (C=O) groups excluding carboxylic acids is 1. The van der Waals surface area contributed by atoms with E-state index in [0.717, 1.165) is 6.07 Å². The average molecular weight is 233 g/mol. The number of aliphatic hydroxyl groups is 1. The van der Waals surface area contributed by atoms with Crippen LogP contribution in [-0.4, -0.2) is 17.7 Å². The highest BCUT2D eigenvalue weighted by Crippen LogP contribution is 2.21. The van der Waals surface area contributed by atoms with Crippen molar-refractivity contribution in [1.29, 1.82) is 0 Å². The predicted octanol–water partition coefficient (Wildman–Crippen LogP) is 2.08. The second kappa shape index (κ2) is 5.09. The van der Waals surface area contributed by atoms with E-state index in [9.17, 15) is 14.3 Å². The highest BCUT2D eigenvalue weighted by Gasteiger charge is 2.21. The average Bonchev–Trinajstić information content (AvgIpc) is 2.17. The van der Waals surface area contributed by atoms with Crippen LogP contribution in [0.2, 0.25) is 5.02 Å². The van der Waals surface area contributed by atoms with Gasteiger partial charge in [0.25, 0.3) is 0 Å².